The van der Waals surface area contributed by atoms with Gasteiger partial charge >= 0.3 is 0 Å². The van der Waals surface area contributed by atoms with Crippen molar-refractivity contribution in [3.63, 3.8) is 0 Å². The Labute approximate surface area is 292 Å². The van der Waals surface area contributed by atoms with Crippen LogP contribution in [0.5, 0.6) is 11.5 Å². The van der Waals surface area contributed by atoms with E-state index in [2.05, 4.69) is 31.2 Å². The summed E-state index contributed by atoms with van der Waals surface area (Å²) >= 11 is 0. The molecule has 0 radical (unpaired) electrons. The van der Waals surface area contributed by atoms with Crippen molar-refractivity contribution in [2.24, 2.45) is 0 Å². The van der Waals surface area contributed by atoms with E-state index in [1.54, 1.807) is 25.4 Å². The Kier molecular flexibility index (Phi) is 12.1. The molecule has 0 spiro atoms. The van der Waals surface area contributed by atoms with Crippen LogP contribution >= 0.6 is 0 Å². The maximum atomic E-state index is 13.6. The average molecular weight is 683 g/mol. The van der Waals surface area contributed by atoms with Crippen molar-refractivity contribution in [2.75, 3.05) is 31.5 Å². The van der Waals surface area contributed by atoms with E-state index in [9.17, 15) is 19.8 Å². The van der Waals surface area contributed by atoms with Crippen LogP contribution in [0.2, 0.25) is 0 Å². The van der Waals surface area contributed by atoms with E-state index in [-0.39, 0.29) is 48.6 Å². The van der Waals surface area contributed by atoms with E-state index in [1.165, 1.54) is 13.3 Å². The van der Waals surface area contributed by atoms with Gasteiger partial charge in [-0.25, -0.2) is 0 Å². The number of methoxy groups -OCH3 is 2. The van der Waals surface area contributed by atoms with Crippen LogP contribution in [0.4, 0.5) is 11.4 Å². The Balaban J connectivity index is 1.33. The zero-order chi connectivity index (χ0) is 35.8. The highest BCUT2D eigenvalue weighted by Crippen LogP contribution is 2.34. The van der Waals surface area contributed by atoms with Crippen molar-refractivity contribution < 1.29 is 29.3 Å². The van der Waals surface area contributed by atoms with Crippen LogP contribution in [0.3, 0.4) is 0 Å². The topological polar surface area (TPSA) is 167 Å². The number of benzene rings is 2. The number of carbonyl (C=O) groups excluding carboxylic acids is 2. The number of ether oxygens (including phenoxy) is 2. The summed E-state index contributed by atoms with van der Waals surface area (Å²) in [7, 11) is 3.09. The van der Waals surface area contributed by atoms with Crippen LogP contribution in [0, 0.1) is 13.8 Å². The molecule has 264 valence electrons. The van der Waals surface area contributed by atoms with Crippen molar-refractivity contribution in [3.8, 4) is 22.6 Å². The number of rotatable bonds is 14. The lowest BCUT2D eigenvalue weighted by molar-refractivity contribution is 0.101. The molecule has 0 aliphatic heterocycles. The Morgan fingerprint density at radius 3 is 2.16 bits per heavy atom. The molecule has 50 heavy (non-hydrogen) atoms. The van der Waals surface area contributed by atoms with Gasteiger partial charge < -0.3 is 41.0 Å². The van der Waals surface area contributed by atoms with Crippen molar-refractivity contribution in [1.29, 1.82) is 0 Å². The summed E-state index contributed by atoms with van der Waals surface area (Å²) in [5.74, 6) is 0.286. The number of anilines is 2. The number of aromatic nitrogens is 2. The third-order valence-electron chi connectivity index (χ3n) is 9.23. The van der Waals surface area contributed by atoms with Gasteiger partial charge in [0, 0.05) is 66.1 Å². The first-order chi connectivity index (χ1) is 24.1. The maximum Gasteiger partial charge on any atom is 0.274 e. The molecular weight excluding hydrogens is 636 g/mol. The van der Waals surface area contributed by atoms with Crippen LogP contribution in [-0.2, 0) is 13.1 Å². The summed E-state index contributed by atoms with van der Waals surface area (Å²) in [5.41, 5.74) is 6.51. The molecule has 4 aromatic rings. The first kappa shape index (κ1) is 36.4. The first-order valence-electron chi connectivity index (χ1n) is 16.8. The van der Waals surface area contributed by atoms with Gasteiger partial charge in [0.15, 0.2) is 0 Å². The highest BCUT2D eigenvalue weighted by Gasteiger charge is 2.25. The van der Waals surface area contributed by atoms with E-state index >= 15 is 0 Å². The number of amides is 2. The molecule has 0 bridgehead atoms. The van der Waals surface area contributed by atoms with Gasteiger partial charge in [0.2, 0.25) is 0 Å². The summed E-state index contributed by atoms with van der Waals surface area (Å²) in [6, 6.07) is 14.5. The molecule has 0 unspecified atom stereocenters. The molecule has 0 saturated heterocycles. The second kappa shape index (κ2) is 16.7. The molecular formula is C38H46N6O6. The van der Waals surface area contributed by atoms with Crippen LogP contribution in [0.25, 0.3) is 11.1 Å². The lowest BCUT2D eigenvalue weighted by Crippen LogP contribution is -2.35. The van der Waals surface area contributed by atoms with Crippen LogP contribution < -0.4 is 30.7 Å². The standard InChI is InChI=1S/C38H46N6O6/c1-22(21-45)40-20-28-34(49-4)15-16-39-36(28)38(48)44-30-12-7-10-27(24(30)3)26-9-6-11-29(23(26)2)43-37(47)32-17-35(50-5)25(19-42-32)18-41-31-13-8-14-33(31)46/h6-7,9-12,15-17,19,22,31,33,40-41,45-46H,8,13-14,18,20-21H2,1-5H3,(H,43,47)(H,44,48)/t22-,31-,33-/m0/s1. The van der Waals surface area contributed by atoms with E-state index in [4.69, 9.17) is 9.47 Å². The van der Waals surface area contributed by atoms with Gasteiger partial charge in [0.05, 0.1) is 26.9 Å². The molecule has 2 heterocycles. The Hall–Kier alpha value is -4.88. The molecule has 1 aliphatic rings. The molecule has 1 saturated carbocycles. The van der Waals surface area contributed by atoms with Gasteiger partial charge in [-0.05, 0) is 80.5 Å². The first-order valence-corrected chi connectivity index (χ1v) is 16.8. The molecule has 12 heteroatoms. The van der Waals surface area contributed by atoms with Gasteiger partial charge in [0.25, 0.3) is 11.8 Å². The highest BCUT2D eigenvalue weighted by molar-refractivity contribution is 6.06. The monoisotopic (exact) mass is 682 g/mol. The largest absolute Gasteiger partial charge is 0.496 e. The van der Waals surface area contributed by atoms with E-state index in [0.29, 0.717) is 35.0 Å². The Bertz CT molecular complexity index is 1830. The third-order valence-corrected chi connectivity index (χ3v) is 9.23. The van der Waals surface area contributed by atoms with E-state index in [1.807, 2.05) is 57.2 Å². The fraction of sp³-hybridized carbons (Fsp3) is 0.368. The molecule has 5 rings (SSSR count). The normalized spacial score (nSPS) is 16.1. The van der Waals surface area contributed by atoms with Gasteiger partial charge in [-0.1, -0.05) is 24.3 Å². The van der Waals surface area contributed by atoms with E-state index in [0.717, 1.165) is 47.1 Å². The fourth-order valence-electron chi connectivity index (χ4n) is 6.20. The lowest BCUT2D eigenvalue weighted by atomic mass is 9.94. The summed E-state index contributed by atoms with van der Waals surface area (Å²) in [6.07, 6.45) is 5.50. The average Bonchev–Trinajstić information content (AvgIpc) is 3.55. The smallest absolute Gasteiger partial charge is 0.274 e. The van der Waals surface area contributed by atoms with E-state index < -0.39 is 5.91 Å². The number of carbonyl (C=O) groups is 2. The number of aliphatic hydroxyl groups is 2. The number of pyridine rings is 2. The molecule has 2 aromatic carbocycles. The second-order valence-corrected chi connectivity index (χ2v) is 12.5. The molecule has 2 amide bonds. The third kappa shape index (κ3) is 8.28. The van der Waals surface area contributed by atoms with Gasteiger partial charge in [-0.2, -0.15) is 0 Å². The predicted molar refractivity (Wildman–Crippen MR) is 193 cm³/mol. The van der Waals surface area contributed by atoms with Crippen molar-refractivity contribution in [3.05, 3.63) is 94.6 Å². The van der Waals surface area contributed by atoms with Gasteiger partial charge in [-0.3, -0.25) is 19.6 Å². The number of nitrogens with one attached hydrogen (secondary N) is 4. The molecule has 12 nitrogen and oxygen atoms in total. The number of aliphatic hydroxyl groups excluding tert-OH is 2. The van der Waals surface area contributed by atoms with Crippen LogP contribution in [0.1, 0.15) is 69.4 Å². The zero-order valence-corrected chi connectivity index (χ0v) is 29.2. The van der Waals surface area contributed by atoms with Gasteiger partial charge in [-0.15, -0.1) is 0 Å². The van der Waals surface area contributed by atoms with Crippen LogP contribution in [0.15, 0.2) is 60.9 Å². The van der Waals surface area contributed by atoms with Crippen molar-refractivity contribution in [1.82, 2.24) is 20.6 Å². The summed E-state index contributed by atoms with van der Waals surface area (Å²) < 4.78 is 11.1. The van der Waals surface area contributed by atoms with Crippen molar-refractivity contribution in [2.45, 2.75) is 71.3 Å². The van der Waals surface area contributed by atoms with Crippen LogP contribution in [-0.4, -0.2) is 71.0 Å². The lowest BCUT2D eigenvalue weighted by Gasteiger charge is -2.18. The summed E-state index contributed by atoms with van der Waals surface area (Å²) in [4.78, 5) is 35.8. The fourth-order valence-corrected chi connectivity index (χ4v) is 6.20. The summed E-state index contributed by atoms with van der Waals surface area (Å²) in [6.45, 7) is 6.41. The minimum atomic E-state index is -0.392. The quantitative estimate of drug-likeness (QED) is 0.109. The molecule has 1 fully saturated rings. The van der Waals surface area contributed by atoms with Crippen molar-refractivity contribution >= 4 is 23.2 Å². The minimum Gasteiger partial charge on any atom is -0.496 e. The maximum absolute atomic E-state index is 13.6. The molecule has 3 atom stereocenters. The number of nitrogens with zero attached hydrogens (tertiary/aromatic N) is 2. The number of hydrogen-bond acceptors (Lipinski definition) is 10. The van der Waals surface area contributed by atoms with Gasteiger partial charge in [0.1, 0.15) is 22.9 Å². The second-order valence-electron chi connectivity index (χ2n) is 12.5. The Morgan fingerprint density at radius 1 is 0.900 bits per heavy atom. The number of hydrogen-bond donors (Lipinski definition) is 6. The predicted octanol–water partition coefficient (Wildman–Crippen LogP) is 4.76. The Morgan fingerprint density at radius 2 is 1.56 bits per heavy atom. The minimum absolute atomic E-state index is 0.0331. The molecule has 2 aromatic heterocycles. The SMILES string of the molecule is COc1cc(C(=O)Nc2cccc(-c3cccc(NC(=O)c4nccc(OC)c4CN[C@@H](C)CO)c3C)c2C)ncc1CN[C@H]1CCC[C@@H]1O. The zero-order valence-electron chi connectivity index (χ0n) is 29.2. The summed E-state index contributed by atoms with van der Waals surface area (Å²) in [5, 5.41) is 32.2. The molecule has 6 N–H and O–H groups in total. The highest BCUT2D eigenvalue weighted by atomic mass is 16.5. The molecule has 1 aliphatic carbocycles.